The van der Waals surface area contributed by atoms with Crippen LogP contribution in [0, 0.1) is 0 Å². The highest BCUT2D eigenvalue weighted by atomic mass is 16.2. The molecule has 0 radical (unpaired) electrons. The monoisotopic (exact) mass is 165 g/mol. The summed E-state index contributed by atoms with van der Waals surface area (Å²) >= 11 is 0. The molecule has 0 aromatic rings. The maximum absolute atomic E-state index is 11.3. The Labute approximate surface area is 73.6 Å². The maximum Gasteiger partial charge on any atom is 0.246 e. The third kappa shape index (κ3) is 1.76. The van der Waals surface area contributed by atoms with Gasteiger partial charge in [-0.3, -0.25) is 4.79 Å². The van der Waals surface area contributed by atoms with Crippen molar-refractivity contribution < 1.29 is 4.79 Å². The van der Waals surface area contributed by atoms with Crippen LogP contribution in [0.4, 0.5) is 0 Å². The van der Waals surface area contributed by atoms with E-state index in [2.05, 4.69) is 13.2 Å². The van der Waals surface area contributed by atoms with Crippen molar-refractivity contribution in [1.82, 2.24) is 4.90 Å². The van der Waals surface area contributed by atoms with Gasteiger partial charge in [0.25, 0.3) is 0 Å². The highest BCUT2D eigenvalue weighted by molar-refractivity contribution is 5.87. The van der Waals surface area contributed by atoms with Crippen molar-refractivity contribution in [2.75, 3.05) is 6.54 Å². The molecule has 0 bridgehead atoms. The number of amides is 1. The molecule has 66 valence electrons. The predicted molar refractivity (Wildman–Crippen MR) is 49.7 cm³/mol. The van der Waals surface area contributed by atoms with Gasteiger partial charge in [0.2, 0.25) is 5.91 Å². The molecule has 1 aliphatic rings. The lowest BCUT2D eigenvalue weighted by atomic mass is 10.1. The minimum absolute atomic E-state index is 0.0550. The van der Waals surface area contributed by atoms with E-state index in [4.69, 9.17) is 0 Å². The maximum atomic E-state index is 11.3. The normalized spacial score (nSPS) is 22.3. The molecule has 0 saturated carbocycles. The molecule has 0 aromatic heterocycles. The SMILES string of the molecule is C=CC[C@@H]1CCCN1C(=O)C=C. The van der Waals surface area contributed by atoms with Crippen LogP contribution in [-0.4, -0.2) is 23.4 Å². The van der Waals surface area contributed by atoms with Crippen LogP contribution in [0.25, 0.3) is 0 Å². The Hall–Kier alpha value is -1.05. The van der Waals surface area contributed by atoms with Gasteiger partial charge in [0.15, 0.2) is 0 Å². The number of rotatable bonds is 3. The van der Waals surface area contributed by atoms with Gasteiger partial charge in [-0.1, -0.05) is 12.7 Å². The van der Waals surface area contributed by atoms with Crippen molar-refractivity contribution in [3.8, 4) is 0 Å². The molecule has 1 fully saturated rings. The summed E-state index contributed by atoms with van der Waals surface area (Å²) in [4.78, 5) is 13.2. The van der Waals surface area contributed by atoms with Crippen LogP contribution in [0.1, 0.15) is 19.3 Å². The van der Waals surface area contributed by atoms with E-state index in [0.717, 1.165) is 25.8 Å². The number of hydrogen-bond acceptors (Lipinski definition) is 1. The minimum atomic E-state index is 0.0550. The van der Waals surface area contributed by atoms with Crippen molar-refractivity contribution in [1.29, 1.82) is 0 Å². The van der Waals surface area contributed by atoms with Crippen molar-refractivity contribution >= 4 is 5.91 Å². The third-order valence-corrected chi connectivity index (χ3v) is 2.27. The molecule has 12 heavy (non-hydrogen) atoms. The fourth-order valence-electron chi connectivity index (χ4n) is 1.68. The van der Waals surface area contributed by atoms with Crippen molar-refractivity contribution in [3.63, 3.8) is 0 Å². The molecule has 0 aromatic carbocycles. The average Bonchev–Trinajstić information content (AvgIpc) is 2.52. The van der Waals surface area contributed by atoms with Gasteiger partial charge >= 0.3 is 0 Å². The molecule has 0 spiro atoms. The Kier molecular flexibility index (Phi) is 3.09. The summed E-state index contributed by atoms with van der Waals surface area (Å²) in [7, 11) is 0. The van der Waals surface area contributed by atoms with Gasteiger partial charge in [-0.15, -0.1) is 6.58 Å². The van der Waals surface area contributed by atoms with Crippen molar-refractivity contribution in [2.24, 2.45) is 0 Å². The van der Waals surface area contributed by atoms with Crippen LogP contribution in [-0.2, 0) is 4.79 Å². The first-order valence-electron chi connectivity index (χ1n) is 4.33. The smallest absolute Gasteiger partial charge is 0.246 e. The molecular formula is C10H15NO. The summed E-state index contributed by atoms with van der Waals surface area (Å²) in [6.07, 6.45) is 6.38. The molecule has 0 aliphatic carbocycles. The minimum Gasteiger partial charge on any atom is -0.336 e. The molecule has 1 aliphatic heterocycles. The zero-order valence-corrected chi connectivity index (χ0v) is 7.33. The fraction of sp³-hybridized carbons (Fsp3) is 0.500. The van der Waals surface area contributed by atoms with Crippen LogP contribution in [0.2, 0.25) is 0 Å². The topological polar surface area (TPSA) is 20.3 Å². The van der Waals surface area contributed by atoms with Gasteiger partial charge in [0.05, 0.1) is 0 Å². The summed E-state index contributed by atoms with van der Waals surface area (Å²) in [5.74, 6) is 0.0550. The van der Waals surface area contributed by atoms with E-state index in [0.29, 0.717) is 6.04 Å². The van der Waals surface area contributed by atoms with Gasteiger partial charge in [0, 0.05) is 12.6 Å². The number of likely N-dealkylation sites (tertiary alicyclic amines) is 1. The highest BCUT2D eigenvalue weighted by Crippen LogP contribution is 2.20. The second-order valence-corrected chi connectivity index (χ2v) is 3.06. The van der Waals surface area contributed by atoms with Crippen molar-refractivity contribution in [3.05, 3.63) is 25.3 Å². The second kappa shape index (κ2) is 4.10. The highest BCUT2D eigenvalue weighted by Gasteiger charge is 2.25. The molecule has 1 amide bonds. The first-order valence-corrected chi connectivity index (χ1v) is 4.33. The van der Waals surface area contributed by atoms with Crippen LogP contribution in [0.3, 0.4) is 0 Å². The van der Waals surface area contributed by atoms with Gasteiger partial charge in [-0.05, 0) is 25.3 Å². The number of nitrogens with zero attached hydrogens (tertiary/aromatic N) is 1. The molecule has 1 rings (SSSR count). The summed E-state index contributed by atoms with van der Waals surface area (Å²) in [6.45, 7) is 8.04. The van der Waals surface area contributed by atoms with E-state index in [9.17, 15) is 4.79 Å². The number of carbonyl (C=O) groups is 1. The molecule has 1 heterocycles. The van der Waals surface area contributed by atoms with Crippen LogP contribution >= 0.6 is 0 Å². The van der Waals surface area contributed by atoms with E-state index in [1.165, 1.54) is 6.08 Å². The Morgan fingerprint density at radius 2 is 2.33 bits per heavy atom. The zero-order chi connectivity index (χ0) is 8.97. The van der Waals surface area contributed by atoms with Gasteiger partial charge in [0.1, 0.15) is 0 Å². The van der Waals surface area contributed by atoms with Crippen LogP contribution in [0.5, 0.6) is 0 Å². The second-order valence-electron chi connectivity index (χ2n) is 3.06. The lowest BCUT2D eigenvalue weighted by Crippen LogP contribution is -2.33. The standard InChI is InChI=1S/C10H15NO/c1-3-6-9-7-5-8-11(9)10(12)4-2/h3-4,9H,1-2,5-8H2/t9-/m1/s1. The van der Waals surface area contributed by atoms with E-state index in [-0.39, 0.29) is 5.91 Å². The van der Waals surface area contributed by atoms with E-state index in [1.807, 2.05) is 11.0 Å². The van der Waals surface area contributed by atoms with Gasteiger partial charge in [-0.25, -0.2) is 0 Å². The molecule has 0 unspecified atom stereocenters. The van der Waals surface area contributed by atoms with E-state index in [1.54, 1.807) is 0 Å². The quantitative estimate of drug-likeness (QED) is 0.461. The summed E-state index contributed by atoms with van der Waals surface area (Å²) in [5.41, 5.74) is 0. The third-order valence-electron chi connectivity index (χ3n) is 2.27. The number of carbonyl (C=O) groups excluding carboxylic acids is 1. The Bertz CT molecular complexity index is 198. The van der Waals surface area contributed by atoms with Crippen LogP contribution < -0.4 is 0 Å². The molecular weight excluding hydrogens is 150 g/mol. The summed E-state index contributed by atoms with van der Waals surface area (Å²) < 4.78 is 0. The molecule has 1 atom stereocenters. The summed E-state index contributed by atoms with van der Waals surface area (Å²) in [5, 5.41) is 0. The summed E-state index contributed by atoms with van der Waals surface area (Å²) in [6, 6.07) is 0.369. The molecule has 0 N–H and O–H groups in total. The largest absolute Gasteiger partial charge is 0.336 e. The lowest BCUT2D eigenvalue weighted by Gasteiger charge is -2.21. The van der Waals surface area contributed by atoms with Crippen molar-refractivity contribution in [2.45, 2.75) is 25.3 Å². The van der Waals surface area contributed by atoms with Crippen LogP contribution in [0.15, 0.2) is 25.3 Å². The van der Waals surface area contributed by atoms with E-state index >= 15 is 0 Å². The van der Waals surface area contributed by atoms with E-state index < -0.39 is 0 Å². The van der Waals surface area contributed by atoms with Gasteiger partial charge in [-0.2, -0.15) is 0 Å². The molecule has 2 heteroatoms. The predicted octanol–water partition coefficient (Wildman–Crippen LogP) is 1.74. The first-order chi connectivity index (χ1) is 5.79. The Balaban J connectivity index is 2.56. The average molecular weight is 165 g/mol. The molecule has 1 saturated heterocycles. The lowest BCUT2D eigenvalue weighted by molar-refractivity contribution is -0.126. The number of hydrogen-bond donors (Lipinski definition) is 0. The molecule has 2 nitrogen and oxygen atoms in total. The van der Waals surface area contributed by atoms with Gasteiger partial charge < -0.3 is 4.90 Å². The Morgan fingerprint density at radius 3 is 2.92 bits per heavy atom. The first kappa shape index (κ1) is 9.04. The zero-order valence-electron chi connectivity index (χ0n) is 7.33. The Morgan fingerprint density at radius 1 is 1.58 bits per heavy atom. The fourth-order valence-corrected chi connectivity index (χ4v) is 1.68.